The van der Waals surface area contributed by atoms with Gasteiger partial charge in [0.1, 0.15) is 11.2 Å². The van der Waals surface area contributed by atoms with Gasteiger partial charge in [-0.3, -0.25) is 0 Å². The molecule has 0 bridgehead atoms. The van der Waals surface area contributed by atoms with E-state index in [-0.39, 0.29) is 0 Å². The predicted molar refractivity (Wildman–Crippen MR) is 158 cm³/mol. The van der Waals surface area contributed by atoms with Gasteiger partial charge in [0.05, 0.1) is 15.7 Å². The Morgan fingerprint density at radius 1 is 0.514 bits per heavy atom. The van der Waals surface area contributed by atoms with Crippen molar-refractivity contribution in [3.05, 3.63) is 115 Å². The van der Waals surface area contributed by atoms with E-state index in [1.165, 1.54) is 52.8 Å². The van der Waals surface area contributed by atoms with Gasteiger partial charge in [-0.05, 0) is 47.2 Å². The van der Waals surface area contributed by atoms with E-state index in [9.17, 15) is 0 Å². The lowest BCUT2D eigenvalue weighted by atomic mass is 9.99. The molecule has 0 saturated heterocycles. The fourth-order valence-corrected chi connectivity index (χ4v) is 7.51. The molecule has 3 heterocycles. The highest BCUT2D eigenvalue weighted by Gasteiger charge is 2.21. The highest BCUT2D eigenvalue weighted by Crippen LogP contribution is 2.48. The van der Waals surface area contributed by atoms with Gasteiger partial charge in [0, 0.05) is 42.7 Å². The molecule has 0 aliphatic rings. The summed E-state index contributed by atoms with van der Waals surface area (Å²) in [6.45, 7) is 0. The van der Waals surface area contributed by atoms with Crippen LogP contribution in [0, 0.1) is 0 Å². The number of hydrogen-bond donors (Lipinski definition) is 0. The summed E-state index contributed by atoms with van der Waals surface area (Å²) < 4.78 is 11.3. The molecule has 0 saturated carbocycles. The molecule has 37 heavy (non-hydrogen) atoms. The molecule has 0 atom stereocenters. The van der Waals surface area contributed by atoms with Crippen LogP contribution in [-0.2, 0) is 0 Å². The van der Waals surface area contributed by atoms with Crippen molar-refractivity contribution in [1.29, 1.82) is 0 Å². The molecular weight excluding hydrogens is 470 g/mol. The van der Waals surface area contributed by atoms with Gasteiger partial charge in [-0.15, -0.1) is 11.3 Å². The predicted octanol–water partition coefficient (Wildman–Crippen LogP) is 10.2. The van der Waals surface area contributed by atoms with Crippen LogP contribution in [0.4, 0.5) is 0 Å². The van der Waals surface area contributed by atoms with Gasteiger partial charge in [-0.25, -0.2) is 0 Å². The Morgan fingerprint density at radius 3 is 2.03 bits per heavy atom. The molecule has 0 aliphatic carbocycles. The van der Waals surface area contributed by atoms with Crippen molar-refractivity contribution in [3.8, 4) is 5.69 Å². The molecule has 9 aromatic rings. The second kappa shape index (κ2) is 7.00. The fraction of sp³-hybridized carbons (Fsp3) is 0. The number of para-hydroxylation sites is 2. The zero-order valence-electron chi connectivity index (χ0n) is 19.7. The van der Waals surface area contributed by atoms with Gasteiger partial charge in [0.25, 0.3) is 0 Å². The molecule has 0 spiro atoms. The smallest absolute Gasteiger partial charge is 0.135 e. The van der Waals surface area contributed by atoms with Crippen LogP contribution in [0.1, 0.15) is 0 Å². The van der Waals surface area contributed by atoms with Crippen LogP contribution < -0.4 is 0 Å². The zero-order valence-corrected chi connectivity index (χ0v) is 20.5. The molecule has 0 aliphatic heterocycles. The standard InChI is InChI=1S/C34H19NOS/c1-2-11-23-22(10-1)31-24-12-3-6-14-27(24)35(33(31)34-32(23)25-13-5-8-16-30(25)37-34)20-17-18-29-26(19-20)21-9-4-7-15-28(21)36-29/h1-19H. The maximum absolute atomic E-state index is 6.16. The lowest BCUT2D eigenvalue weighted by Gasteiger charge is -2.10. The maximum atomic E-state index is 6.16. The summed E-state index contributed by atoms with van der Waals surface area (Å²) in [7, 11) is 0. The average molecular weight is 490 g/mol. The second-order valence-corrected chi connectivity index (χ2v) is 10.8. The first-order valence-corrected chi connectivity index (χ1v) is 13.4. The molecule has 0 fully saturated rings. The fourth-order valence-electron chi connectivity index (χ4n) is 6.25. The topological polar surface area (TPSA) is 18.1 Å². The first kappa shape index (κ1) is 19.6. The summed E-state index contributed by atoms with van der Waals surface area (Å²) in [4.78, 5) is 0. The summed E-state index contributed by atoms with van der Waals surface area (Å²) in [6, 6.07) is 41.4. The van der Waals surface area contributed by atoms with E-state index in [0.717, 1.165) is 27.6 Å². The number of rotatable bonds is 1. The van der Waals surface area contributed by atoms with Crippen molar-refractivity contribution in [2.45, 2.75) is 0 Å². The van der Waals surface area contributed by atoms with Gasteiger partial charge >= 0.3 is 0 Å². The molecular formula is C34H19NOS. The molecule has 172 valence electrons. The summed E-state index contributed by atoms with van der Waals surface area (Å²) in [5, 5.41) is 10.2. The highest BCUT2D eigenvalue weighted by atomic mass is 32.1. The van der Waals surface area contributed by atoms with E-state index in [1.54, 1.807) is 0 Å². The quantitative estimate of drug-likeness (QED) is 0.224. The van der Waals surface area contributed by atoms with Crippen LogP contribution in [0.5, 0.6) is 0 Å². The lowest BCUT2D eigenvalue weighted by molar-refractivity contribution is 0.669. The molecule has 2 nitrogen and oxygen atoms in total. The molecule has 9 rings (SSSR count). The lowest BCUT2D eigenvalue weighted by Crippen LogP contribution is -1.94. The number of fused-ring (bicyclic) bond motifs is 13. The Bertz CT molecular complexity index is 2370. The number of nitrogens with zero attached hydrogens (tertiary/aromatic N) is 1. The molecule has 3 heteroatoms. The normalized spacial score (nSPS) is 12.3. The molecule has 0 N–H and O–H groups in total. The van der Waals surface area contributed by atoms with Crippen LogP contribution in [0.25, 0.3) is 80.4 Å². The van der Waals surface area contributed by atoms with Gasteiger partial charge < -0.3 is 8.98 Å². The molecule has 0 amide bonds. The Kier molecular flexibility index (Phi) is 3.70. The van der Waals surface area contributed by atoms with E-state index in [4.69, 9.17) is 4.42 Å². The number of benzene rings is 6. The molecule has 0 radical (unpaired) electrons. The van der Waals surface area contributed by atoms with Gasteiger partial charge in [-0.2, -0.15) is 0 Å². The number of hydrogen-bond acceptors (Lipinski definition) is 2. The Morgan fingerprint density at radius 2 is 1.16 bits per heavy atom. The van der Waals surface area contributed by atoms with E-state index < -0.39 is 0 Å². The van der Waals surface area contributed by atoms with Gasteiger partial charge in [0.15, 0.2) is 0 Å². The van der Waals surface area contributed by atoms with Gasteiger partial charge in [0.2, 0.25) is 0 Å². The third-order valence-electron chi connectivity index (χ3n) is 7.77. The van der Waals surface area contributed by atoms with Gasteiger partial charge in [-0.1, -0.05) is 78.9 Å². The number of thiophene rings is 1. The first-order valence-electron chi connectivity index (χ1n) is 12.5. The second-order valence-electron chi connectivity index (χ2n) is 9.70. The first-order chi connectivity index (χ1) is 18.4. The van der Waals surface area contributed by atoms with Crippen LogP contribution in [0.2, 0.25) is 0 Å². The monoisotopic (exact) mass is 489 g/mol. The van der Waals surface area contributed by atoms with Crippen molar-refractivity contribution in [3.63, 3.8) is 0 Å². The third-order valence-corrected chi connectivity index (χ3v) is 8.95. The largest absolute Gasteiger partial charge is 0.456 e. The minimum atomic E-state index is 0.920. The number of aromatic nitrogens is 1. The Hall–Kier alpha value is -4.60. The summed E-state index contributed by atoms with van der Waals surface area (Å²) in [5.41, 5.74) is 5.50. The van der Waals surface area contributed by atoms with E-state index in [1.807, 2.05) is 23.5 Å². The van der Waals surface area contributed by atoms with Crippen LogP contribution in [0.15, 0.2) is 120 Å². The Labute approximate surface area is 215 Å². The third kappa shape index (κ3) is 2.49. The summed E-state index contributed by atoms with van der Waals surface area (Å²) in [6.07, 6.45) is 0. The number of furan rings is 1. The maximum Gasteiger partial charge on any atom is 0.135 e. The average Bonchev–Trinajstić information content (AvgIpc) is 3.62. The van der Waals surface area contributed by atoms with Crippen molar-refractivity contribution in [2.75, 3.05) is 0 Å². The SMILES string of the molecule is c1ccc2c(c1)oc1ccc(-n3c4ccccc4c4c5ccccc5c5c6ccccc6sc5c43)cc12. The minimum Gasteiger partial charge on any atom is -0.456 e. The van der Waals surface area contributed by atoms with Crippen molar-refractivity contribution in [1.82, 2.24) is 4.57 Å². The van der Waals surface area contributed by atoms with Crippen molar-refractivity contribution in [2.24, 2.45) is 0 Å². The molecule has 3 aromatic heterocycles. The van der Waals surface area contributed by atoms with E-state index >= 15 is 0 Å². The minimum absolute atomic E-state index is 0.920. The van der Waals surface area contributed by atoms with E-state index in [0.29, 0.717) is 0 Å². The highest BCUT2D eigenvalue weighted by molar-refractivity contribution is 7.27. The Balaban J connectivity index is 1.55. The summed E-state index contributed by atoms with van der Waals surface area (Å²) in [5.74, 6) is 0. The molecule has 6 aromatic carbocycles. The van der Waals surface area contributed by atoms with Crippen LogP contribution in [-0.4, -0.2) is 4.57 Å². The summed E-state index contributed by atoms with van der Waals surface area (Å²) >= 11 is 1.90. The van der Waals surface area contributed by atoms with Crippen LogP contribution in [0.3, 0.4) is 0 Å². The van der Waals surface area contributed by atoms with Crippen molar-refractivity contribution < 1.29 is 4.42 Å². The van der Waals surface area contributed by atoms with Crippen molar-refractivity contribution >= 4 is 86.0 Å². The zero-order chi connectivity index (χ0) is 24.1. The van der Waals surface area contributed by atoms with Crippen LogP contribution >= 0.6 is 11.3 Å². The molecule has 0 unspecified atom stereocenters. The van der Waals surface area contributed by atoms with E-state index in [2.05, 4.69) is 108 Å².